The van der Waals surface area contributed by atoms with Crippen molar-refractivity contribution in [3.8, 4) is 0 Å². The Morgan fingerprint density at radius 1 is 1.53 bits per heavy atom. The lowest BCUT2D eigenvalue weighted by molar-refractivity contribution is -0.153. The Kier molecular flexibility index (Phi) is 1.90. The Bertz CT molecular complexity index is 342. The van der Waals surface area contributed by atoms with Gasteiger partial charge in [0.2, 0.25) is 0 Å². The lowest BCUT2D eigenvalue weighted by atomic mass is 9.80. The van der Waals surface area contributed by atoms with E-state index in [0.29, 0.717) is 0 Å². The zero-order valence-electron chi connectivity index (χ0n) is 8.18. The largest absolute Gasteiger partial charge is 0.469 e. The van der Waals surface area contributed by atoms with Crippen molar-refractivity contribution in [3.63, 3.8) is 0 Å². The van der Waals surface area contributed by atoms with Gasteiger partial charge in [-0.15, -0.1) is 0 Å². The Balaban J connectivity index is 1.98. The highest BCUT2D eigenvalue weighted by Crippen LogP contribution is 2.60. The Hall–Kier alpha value is -0.580. The van der Waals surface area contributed by atoms with E-state index in [1.54, 1.807) is 0 Å². The number of fused-ring (bicyclic) bond motifs is 1. The molecule has 0 aromatic carbocycles. The minimum atomic E-state index is -0.296. The van der Waals surface area contributed by atoms with Crippen LogP contribution in [0.5, 0.6) is 0 Å². The van der Waals surface area contributed by atoms with E-state index in [4.69, 9.17) is 9.47 Å². The molecule has 0 radical (unpaired) electrons. The molecule has 1 saturated heterocycles. The summed E-state index contributed by atoms with van der Waals surface area (Å²) in [4.78, 5) is 23.4. The van der Waals surface area contributed by atoms with E-state index in [1.165, 1.54) is 7.11 Å². The molecule has 3 rings (SSSR count). The molecule has 0 amide bonds. The molecular formula is C10H11BrO4. The molecule has 4 nitrogen and oxygen atoms in total. The van der Waals surface area contributed by atoms with E-state index in [1.807, 2.05) is 0 Å². The fourth-order valence-electron chi connectivity index (χ4n) is 3.43. The fraction of sp³-hybridized carbons (Fsp3) is 0.800. The molecular weight excluding hydrogens is 264 g/mol. The average molecular weight is 275 g/mol. The van der Waals surface area contributed by atoms with Crippen LogP contribution < -0.4 is 0 Å². The maximum Gasteiger partial charge on any atom is 0.310 e. The summed E-state index contributed by atoms with van der Waals surface area (Å²) in [5.41, 5.74) is 0. The van der Waals surface area contributed by atoms with Gasteiger partial charge in [-0.3, -0.25) is 9.59 Å². The molecule has 0 N–H and O–H groups in total. The lowest BCUT2D eigenvalue weighted by Crippen LogP contribution is -2.38. The third-order valence-corrected chi connectivity index (χ3v) is 5.20. The van der Waals surface area contributed by atoms with E-state index in [9.17, 15) is 9.59 Å². The summed E-state index contributed by atoms with van der Waals surface area (Å²) < 4.78 is 10.0. The summed E-state index contributed by atoms with van der Waals surface area (Å²) in [6.07, 6.45) is 0.880. The number of alkyl halides is 1. The van der Waals surface area contributed by atoms with Gasteiger partial charge in [-0.05, 0) is 12.3 Å². The number of hydrogen-bond donors (Lipinski definition) is 0. The third kappa shape index (κ3) is 1.02. The smallest absolute Gasteiger partial charge is 0.310 e. The third-order valence-electron chi connectivity index (χ3n) is 4.00. The summed E-state index contributed by atoms with van der Waals surface area (Å²) in [6, 6.07) is 0. The summed E-state index contributed by atoms with van der Waals surface area (Å²) in [7, 11) is 1.37. The van der Waals surface area contributed by atoms with Crippen LogP contribution in [0.2, 0.25) is 0 Å². The molecule has 0 aromatic rings. The number of carbonyl (C=O) groups excluding carboxylic acids is 2. The molecule has 82 valence electrons. The van der Waals surface area contributed by atoms with Gasteiger partial charge < -0.3 is 9.47 Å². The first-order valence-corrected chi connectivity index (χ1v) is 5.99. The van der Waals surface area contributed by atoms with Crippen molar-refractivity contribution in [2.45, 2.75) is 17.4 Å². The molecule has 6 atom stereocenters. The highest BCUT2D eigenvalue weighted by Gasteiger charge is 2.68. The standard InChI is InChI=1S/C10H11BrO4/c1-14-9(12)5-3-2-4-6(5)10(13)15-8(4)7(3)11/h3-8H,2H2,1H3/t3-,4-,5-,6-,7-,8+/m1/s1. The molecule has 2 aliphatic carbocycles. The van der Waals surface area contributed by atoms with Crippen molar-refractivity contribution < 1.29 is 19.1 Å². The predicted octanol–water partition coefficient (Wildman–Crippen LogP) is 0.730. The molecule has 0 spiro atoms. The maximum absolute atomic E-state index is 11.6. The van der Waals surface area contributed by atoms with Crippen molar-refractivity contribution in [1.82, 2.24) is 0 Å². The number of methoxy groups -OCH3 is 1. The SMILES string of the molecule is COC(=O)[C@@H]1[C@H]2C[C@H]3[C@H](OC(=O)[C@H]31)[C@@H]2Br. The zero-order valence-corrected chi connectivity index (χ0v) is 9.77. The Morgan fingerprint density at radius 2 is 2.27 bits per heavy atom. The van der Waals surface area contributed by atoms with Crippen LogP contribution in [0, 0.1) is 23.7 Å². The van der Waals surface area contributed by atoms with Gasteiger partial charge >= 0.3 is 11.9 Å². The molecule has 0 unspecified atom stereocenters. The molecule has 1 heterocycles. The molecule has 3 fully saturated rings. The van der Waals surface area contributed by atoms with Gasteiger partial charge in [-0.2, -0.15) is 0 Å². The second-order valence-electron chi connectivity index (χ2n) is 4.48. The molecule has 15 heavy (non-hydrogen) atoms. The predicted molar refractivity (Wildman–Crippen MR) is 53.2 cm³/mol. The number of halogens is 1. The van der Waals surface area contributed by atoms with E-state index in [0.717, 1.165) is 6.42 Å². The second kappa shape index (κ2) is 2.97. The van der Waals surface area contributed by atoms with Gasteiger partial charge in [0.1, 0.15) is 6.10 Å². The maximum atomic E-state index is 11.6. The van der Waals surface area contributed by atoms with Crippen molar-refractivity contribution >= 4 is 27.9 Å². The molecule has 0 aromatic heterocycles. The van der Waals surface area contributed by atoms with Gasteiger partial charge in [0.05, 0.1) is 23.8 Å². The highest BCUT2D eigenvalue weighted by molar-refractivity contribution is 9.09. The van der Waals surface area contributed by atoms with Crippen LogP contribution in [0.15, 0.2) is 0 Å². The number of ether oxygens (including phenoxy) is 2. The van der Waals surface area contributed by atoms with Crippen LogP contribution in [0.3, 0.4) is 0 Å². The number of rotatable bonds is 1. The molecule has 1 aliphatic heterocycles. The van der Waals surface area contributed by atoms with E-state index >= 15 is 0 Å². The van der Waals surface area contributed by atoms with Crippen LogP contribution in [0.1, 0.15) is 6.42 Å². The van der Waals surface area contributed by atoms with Crippen LogP contribution >= 0.6 is 15.9 Å². The summed E-state index contributed by atoms with van der Waals surface area (Å²) in [6.45, 7) is 0. The van der Waals surface area contributed by atoms with E-state index in [-0.39, 0.29) is 46.5 Å². The topological polar surface area (TPSA) is 52.6 Å². The van der Waals surface area contributed by atoms with Crippen LogP contribution in [0.4, 0.5) is 0 Å². The van der Waals surface area contributed by atoms with E-state index in [2.05, 4.69) is 15.9 Å². The summed E-state index contributed by atoms with van der Waals surface area (Å²) in [5.74, 6) is -0.615. The first-order chi connectivity index (χ1) is 7.15. The quantitative estimate of drug-likeness (QED) is 0.523. The van der Waals surface area contributed by atoms with Gasteiger partial charge in [0.15, 0.2) is 0 Å². The molecule has 2 saturated carbocycles. The first-order valence-electron chi connectivity index (χ1n) is 5.07. The molecule has 5 heteroatoms. The van der Waals surface area contributed by atoms with Gasteiger partial charge in [-0.1, -0.05) is 15.9 Å². The van der Waals surface area contributed by atoms with Gasteiger partial charge in [-0.25, -0.2) is 0 Å². The van der Waals surface area contributed by atoms with Crippen molar-refractivity contribution in [2.24, 2.45) is 23.7 Å². The van der Waals surface area contributed by atoms with Crippen LogP contribution in [-0.4, -0.2) is 30.0 Å². The normalized spacial score (nSPS) is 50.7. The van der Waals surface area contributed by atoms with Crippen molar-refractivity contribution in [3.05, 3.63) is 0 Å². The second-order valence-corrected chi connectivity index (χ2v) is 5.54. The monoisotopic (exact) mass is 274 g/mol. The van der Waals surface area contributed by atoms with Crippen molar-refractivity contribution in [2.75, 3.05) is 7.11 Å². The van der Waals surface area contributed by atoms with E-state index < -0.39 is 0 Å². The molecule has 3 aliphatic rings. The lowest BCUT2D eigenvalue weighted by Gasteiger charge is -2.26. The number of carbonyl (C=O) groups is 2. The Morgan fingerprint density at radius 3 is 2.93 bits per heavy atom. The minimum Gasteiger partial charge on any atom is -0.469 e. The first kappa shape index (κ1) is 9.63. The average Bonchev–Trinajstić information content (AvgIpc) is 2.80. The zero-order chi connectivity index (χ0) is 10.7. The van der Waals surface area contributed by atoms with Crippen LogP contribution in [-0.2, 0) is 19.1 Å². The number of hydrogen-bond acceptors (Lipinski definition) is 4. The van der Waals surface area contributed by atoms with Crippen LogP contribution in [0.25, 0.3) is 0 Å². The summed E-state index contributed by atoms with van der Waals surface area (Å²) >= 11 is 3.53. The summed E-state index contributed by atoms with van der Waals surface area (Å²) in [5, 5.41) is 0. The minimum absolute atomic E-state index is 0.0200. The van der Waals surface area contributed by atoms with Gasteiger partial charge in [0, 0.05) is 5.92 Å². The Labute approximate surface area is 95.4 Å². The number of esters is 2. The highest BCUT2D eigenvalue weighted by atomic mass is 79.9. The van der Waals surface area contributed by atoms with Crippen molar-refractivity contribution in [1.29, 1.82) is 0 Å². The fourth-order valence-corrected chi connectivity index (χ4v) is 4.48. The molecule has 2 bridgehead atoms. The van der Waals surface area contributed by atoms with Gasteiger partial charge in [0.25, 0.3) is 0 Å².